The van der Waals surface area contributed by atoms with Crippen molar-refractivity contribution in [1.82, 2.24) is 14.9 Å². The molecule has 4 aromatic rings. The quantitative estimate of drug-likeness (QED) is 0.379. The lowest BCUT2D eigenvalue weighted by atomic mass is 10.1. The number of piperazine rings is 1. The van der Waals surface area contributed by atoms with E-state index in [2.05, 4.69) is 49.4 Å². The van der Waals surface area contributed by atoms with Gasteiger partial charge in [-0.05, 0) is 23.3 Å². The minimum Gasteiger partial charge on any atom is -0.353 e. The number of anilines is 1. The minimum absolute atomic E-state index is 0.673. The molecule has 3 heterocycles. The molecule has 5 rings (SSSR count). The predicted molar refractivity (Wildman–Crippen MR) is 127 cm³/mol. The van der Waals surface area contributed by atoms with Crippen molar-refractivity contribution in [1.29, 1.82) is 0 Å². The van der Waals surface area contributed by atoms with Gasteiger partial charge in [0.2, 0.25) is 0 Å². The average Bonchev–Trinajstić information content (AvgIpc) is 3.21. The van der Waals surface area contributed by atoms with Crippen LogP contribution in [0.3, 0.4) is 0 Å². The molecule has 4 nitrogen and oxygen atoms in total. The Morgan fingerprint density at radius 2 is 1.73 bits per heavy atom. The molecule has 2 aromatic carbocycles. The second-order valence-corrected chi connectivity index (χ2v) is 9.09. The molecule has 2 aromatic heterocycles. The number of fused-ring (bicyclic) bond motifs is 1. The van der Waals surface area contributed by atoms with E-state index in [-0.39, 0.29) is 0 Å². The first-order chi connectivity index (χ1) is 14.7. The fraction of sp³-hybridized carbons (Fsp3) is 0.217. The SMILES string of the molecule is Clc1ccc(CN2CCN(c3ncnc4scc(-c5ccccc5)c34)CC2)c(Cl)c1. The van der Waals surface area contributed by atoms with Gasteiger partial charge in [-0.3, -0.25) is 4.90 Å². The molecule has 1 aliphatic rings. The topological polar surface area (TPSA) is 32.3 Å². The van der Waals surface area contributed by atoms with Crippen molar-refractivity contribution in [2.75, 3.05) is 31.1 Å². The summed E-state index contributed by atoms with van der Waals surface area (Å²) in [5.41, 5.74) is 3.53. The smallest absolute Gasteiger partial charge is 0.141 e. The van der Waals surface area contributed by atoms with Crippen LogP contribution in [0.5, 0.6) is 0 Å². The minimum atomic E-state index is 0.673. The van der Waals surface area contributed by atoms with Crippen molar-refractivity contribution in [2.45, 2.75) is 6.54 Å². The van der Waals surface area contributed by atoms with Gasteiger partial charge < -0.3 is 4.90 Å². The van der Waals surface area contributed by atoms with Gasteiger partial charge in [-0.2, -0.15) is 0 Å². The van der Waals surface area contributed by atoms with Crippen LogP contribution in [0.1, 0.15) is 5.56 Å². The van der Waals surface area contributed by atoms with Crippen molar-refractivity contribution in [3.05, 3.63) is 75.8 Å². The Hall–Kier alpha value is -2.18. The maximum Gasteiger partial charge on any atom is 0.141 e. The van der Waals surface area contributed by atoms with Crippen LogP contribution in [-0.2, 0) is 6.54 Å². The van der Waals surface area contributed by atoms with Crippen molar-refractivity contribution in [3.63, 3.8) is 0 Å². The lowest BCUT2D eigenvalue weighted by Crippen LogP contribution is -2.46. The van der Waals surface area contributed by atoms with Crippen LogP contribution in [0.25, 0.3) is 21.3 Å². The molecule has 152 valence electrons. The summed E-state index contributed by atoms with van der Waals surface area (Å²) in [6.07, 6.45) is 1.68. The first-order valence-corrected chi connectivity index (χ1v) is 11.5. The van der Waals surface area contributed by atoms with Crippen LogP contribution in [0, 0.1) is 0 Å². The number of rotatable bonds is 4. The summed E-state index contributed by atoms with van der Waals surface area (Å²) in [5.74, 6) is 1.03. The molecule has 0 atom stereocenters. The highest BCUT2D eigenvalue weighted by Crippen LogP contribution is 2.38. The van der Waals surface area contributed by atoms with Gasteiger partial charge in [-0.25, -0.2) is 9.97 Å². The van der Waals surface area contributed by atoms with E-state index < -0.39 is 0 Å². The molecule has 0 bridgehead atoms. The number of nitrogens with zero attached hydrogens (tertiary/aromatic N) is 4. The molecule has 0 aliphatic carbocycles. The molecule has 0 spiro atoms. The second kappa shape index (κ2) is 8.52. The highest BCUT2D eigenvalue weighted by atomic mass is 35.5. The number of thiophene rings is 1. The maximum atomic E-state index is 6.36. The van der Waals surface area contributed by atoms with Crippen LogP contribution >= 0.6 is 34.5 Å². The van der Waals surface area contributed by atoms with E-state index in [1.807, 2.05) is 24.3 Å². The Kier molecular flexibility index (Phi) is 5.61. The Morgan fingerprint density at radius 3 is 2.50 bits per heavy atom. The second-order valence-electron chi connectivity index (χ2n) is 7.39. The number of benzene rings is 2. The summed E-state index contributed by atoms with van der Waals surface area (Å²) in [5, 5.41) is 4.75. The standard InChI is InChI=1S/C23H20Cl2N4S/c24-18-7-6-17(20(25)12-18)13-28-8-10-29(11-9-28)22-21-19(16-4-2-1-3-5-16)14-30-23(21)27-15-26-22/h1-7,12,14-15H,8-11,13H2. The summed E-state index contributed by atoms with van der Waals surface area (Å²) in [4.78, 5) is 15.0. The van der Waals surface area contributed by atoms with Crippen LogP contribution in [-0.4, -0.2) is 41.0 Å². The Labute approximate surface area is 189 Å². The third kappa shape index (κ3) is 3.91. The van der Waals surface area contributed by atoms with E-state index in [0.717, 1.165) is 59.3 Å². The molecule has 1 aliphatic heterocycles. The van der Waals surface area contributed by atoms with Crippen LogP contribution in [0.2, 0.25) is 10.0 Å². The Bertz CT molecular complexity index is 1170. The monoisotopic (exact) mass is 454 g/mol. The van der Waals surface area contributed by atoms with Gasteiger partial charge in [-0.1, -0.05) is 59.6 Å². The molecule has 7 heteroatoms. The molecule has 0 radical (unpaired) electrons. The number of halogens is 2. The first kappa shape index (κ1) is 19.8. The van der Waals surface area contributed by atoms with Crippen LogP contribution < -0.4 is 4.90 Å². The zero-order chi connectivity index (χ0) is 20.5. The van der Waals surface area contributed by atoms with Crippen molar-refractivity contribution >= 4 is 50.6 Å². The van der Waals surface area contributed by atoms with Gasteiger partial charge in [0, 0.05) is 53.7 Å². The molecule has 1 fully saturated rings. The summed E-state index contributed by atoms with van der Waals surface area (Å²) in [6.45, 7) is 4.57. The molecular formula is C23H20Cl2N4S. The number of hydrogen-bond acceptors (Lipinski definition) is 5. The largest absolute Gasteiger partial charge is 0.353 e. The van der Waals surface area contributed by atoms with Gasteiger partial charge >= 0.3 is 0 Å². The molecule has 0 saturated carbocycles. The molecule has 0 N–H and O–H groups in total. The predicted octanol–water partition coefficient (Wildman–Crippen LogP) is 5.99. The third-order valence-electron chi connectivity index (χ3n) is 5.52. The fourth-order valence-corrected chi connectivity index (χ4v) is 5.32. The van der Waals surface area contributed by atoms with Gasteiger partial charge in [0.15, 0.2) is 0 Å². The molecule has 1 saturated heterocycles. The molecule has 0 unspecified atom stereocenters. The van der Waals surface area contributed by atoms with E-state index in [4.69, 9.17) is 23.2 Å². The van der Waals surface area contributed by atoms with E-state index in [9.17, 15) is 0 Å². The lowest BCUT2D eigenvalue weighted by molar-refractivity contribution is 0.249. The van der Waals surface area contributed by atoms with E-state index >= 15 is 0 Å². The first-order valence-electron chi connectivity index (χ1n) is 9.88. The van der Waals surface area contributed by atoms with Crippen molar-refractivity contribution in [3.8, 4) is 11.1 Å². The van der Waals surface area contributed by atoms with Gasteiger partial charge in [0.25, 0.3) is 0 Å². The van der Waals surface area contributed by atoms with Gasteiger partial charge in [0.05, 0.1) is 5.39 Å². The summed E-state index contributed by atoms with van der Waals surface area (Å²) >= 11 is 14.1. The van der Waals surface area contributed by atoms with E-state index in [1.54, 1.807) is 17.7 Å². The molecular weight excluding hydrogens is 435 g/mol. The Balaban J connectivity index is 1.37. The Morgan fingerprint density at radius 1 is 0.933 bits per heavy atom. The highest BCUT2D eigenvalue weighted by Gasteiger charge is 2.23. The summed E-state index contributed by atoms with van der Waals surface area (Å²) < 4.78 is 0. The average molecular weight is 455 g/mol. The molecule has 0 amide bonds. The summed E-state index contributed by atoms with van der Waals surface area (Å²) in [6, 6.07) is 16.2. The van der Waals surface area contributed by atoms with Crippen LogP contribution in [0.15, 0.2) is 60.2 Å². The van der Waals surface area contributed by atoms with E-state index in [0.29, 0.717) is 5.02 Å². The third-order valence-corrected chi connectivity index (χ3v) is 6.99. The summed E-state index contributed by atoms with van der Waals surface area (Å²) in [7, 11) is 0. The number of hydrogen-bond donors (Lipinski definition) is 0. The van der Waals surface area contributed by atoms with Gasteiger partial charge in [-0.15, -0.1) is 11.3 Å². The maximum absolute atomic E-state index is 6.36. The van der Waals surface area contributed by atoms with Crippen LogP contribution in [0.4, 0.5) is 5.82 Å². The normalized spacial score (nSPS) is 15.1. The van der Waals surface area contributed by atoms with Crippen molar-refractivity contribution in [2.24, 2.45) is 0 Å². The van der Waals surface area contributed by atoms with Gasteiger partial charge in [0.1, 0.15) is 17.0 Å². The zero-order valence-corrected chi connectivity index (χ0v) is 18.6. The fourth-order valence-electron chi connectivity index (χ4n) is 3.94. The zero-order valence-electron chi connectivity index (χ0n) is 16.3. The highest BCUT2D eigenvalue weighted by molar-refractivity contribution is 7.17. The van der Waals surface area contributed by atoms with Crippen molar-refractivity contribution < 1.29 is 0 Å². The molecule has 30 heavy (non-hydrogen) atoms. The lowest BCUT2D eigenvalue weighted by Gasteiger charge is -2.35. The van der Waals surface area contributed by atoms with E-state index in [1.165, 1.54) is 11.1 Å². The number of aromatic nitrogens is 2.